The summed E-state index contributed by atoms with van der Waals surface area (Å²) in [5, 5.41) is 31.2. The Morgan fingerprint density at radius 3 is 2.76 bits per heavy atom. The van der Waals surface area contributed by atoms with E-state index < -0.39 is 6.23 Å². The van der Waals surface area contributed by atoms with Crippen molar-refractivity contribution in [3.63, 3.8) is 0 Å². The molecular formula is C22H28N4O3. The minimum atomic E-state index is -0.811. The third-order valence-corrected chi connectivity index (χ3v) is 5.95. The first-order chi connectivity index (χ1) is 14.0. The van der Waals surface area contributed by atoms with Crippen molar-refractivity contribution in [2.75, 3.05) is 6.54 Å². The van der Waals surface area contributed by atoms with Gasteiger partial charge in [0.15, 0.2) is 0 Å². The molecule has 4 rings (SSSR count). The quantitative estimate of drug-likeness (QED) is 0.622. The molecule has 7 nitrogen and oxygen atoms in total. The summed E-state index contributed by atoms with van der Waals surface area (Å²) in [5.41, 5.74) is 4.65. The number of hydrogen-bond acceptors (Lipinski definition) is 5. The Labute approximate surface area is 170 Å². The van der Waals surface area contributed by atoms with E-state index in [1.165, 1.54) is 12.8 Å². The zero-order valence-corrected chi connectivity index (χ0v) is 16.9. The normalized spacial score (nSPS) is 20.1. The van der Waals surface area contributed by atoms with E-state index in [4.69, 9.17) is 0 Å². The van der Waals surface area contributed by atoms with Crippen LogP contribution < -0.4 is 10.6 Å². The van der Waals surface area contributed by atoms with Crippen LogP contribution in [0.4, 0.5) is 0 Å². The van der Waals surface area contributed by atoms with Crippen LogP contribution in [0, 0.1) is 0 Å². The SMILES string of the molecule is CC1=CC(C)=C(CNC(=O)c2cc(CO)cc3c2cnn3C2CCCC2)C(O)N1. The second kappa shape index (κ2) is 8.00. The fourth-order valence-electron chi connectivity index (χ4n) is 4.41. The maximum absolute atomic E-state index is 13.0. The summed E-state index contributed by atoms with van der Waals surface area (Å²) >= 11 is 0. The Hall–Kier alpha value is -2.64. The van der Waals surface area contributed by atoms with E-state index in [2.05, 4.69) is 15.7 Å². The number of nitrogens with one attached hydrogen (secondary N) is 2. The third kappa shape index (κ3) is 3.80. The lowest BCUT2D eigenvalue weighted by Gasteiger charge is -2.24. The van der Waals surface area contributed by atoms with Gasteiger partial charge in [0.05, 0.1) is 29.9 Å². The minimum absolute atomic E-state index is 0.136. The molecule has 0 spiro atoms. The van der Waals surface area contributed by atoms with Gasteiger partial charge in [0, 0.05) is 23.2 Å². The lowest BCUT2D eigenvalue weighted by atomic mass is 10.0. The van der Waals surface area contributed by atoms with Gasteiger partial charge >= 0.3 is 0 Å². The zero-order chi connectivity index (χ0) is 20.5. The number of dihydropyridines is 1. The van der Waals surface area contributed by atoms with Gasteiger partial charge in [-0.1, -0.05) is 12.8 Å². The van der Waals surface area contributed by atoms with Crippen LogP contribution in [0.3, 0.4) is 0 Å². The first-order valence-electron chi connectivity index (χ1n) is 10.2. The van der Waals surface area contributed by atoms with Gasteiger partial charge in [-0.25, -0.2) is 0 Å². The van der Waals surface area contributed by atoms with Crippen LogP contribution in [0.1, 0.15) is 61.5 Å². The number of benzene rings is 1. The number of hydrogen-bond donors (Lipinski definition) is 4. The molecule has 1 fully saturated rings. The summed E-state index contributed by atoms with van der Waals surface area (Å²) in [6, 6.07) is 4.00. The number of amides is 1. The average Bonchev–Trinajstić information content (AvgIpc) is 3.35. The molecule has 1 atom stereocenters. The van der Waals surface area contributed by atoms with Crippen molar-refractivity contribution in [2.24, 2.45) is 0 Å². The molecule has 29 heavy (non-hydrogen) atoms. The maximum Gasteiger partial charge on any atom is 0.252 e. The maximum atomic E-state index is 13.0. The predicted molar refractivity (Wildman–Crippen MR) is 111 cm³/mol. The third-order valence-electron chi connectivity index (χ3n) is 5.95. The highest BCUT2D eigenvalue weighted by Gasteiger charge is 2.23. The lowest BCUT2D eigenvalue weighted by Crippen LogP contribution is -2.38. The van der Waals surface area contributed by atoms with Gasteiger partial charge < -0.3 is 20.8 Å². The first kappa shape index (κ1) is 19.7. The highest BCUT2D eigenvalue weighted by atomic mass is 16.3. The number of aliphatic hydroxyl groups excluding tert-OH is 2. The van der Waals surface area contributed by atoms with Crippen LogP contribution in [0.25, 0.3) is 10.9 Å². The van der Waals surface area contributed by atoms with Gasteiger partial charge in [-0.15, -0.1) is 0 Å². The van der Waals surface area contributed by atoms with Crippen molar-refractivity contribution in [3.8, 4) is 0 Å². The topological polar surface area (TPSA) is 99.4 Å². The molecule has 1 aromatic heterocycles. The number of rotatable bonds is 5. The monoisotopic (exact) mass is 396 g/mol. The standard InChI is InChI=1S/C22H28N4O3/c1-13-7-14(2)25-22(29)18(13)10-23-21(28)17-8-15(12-27)9-20-19(17)11-24-26(20)16-5-3-4-6-16/h7-9,11,16,22,25,27,29H,3-6,10,12H2,1-2H3,(H,23,28). The van der Waals surface area contributed by atoms with E-state index in [1.807, 2.05) is 30.7 Å². The number of aromatic nitrogens is 2. The van der Waals surface area contributed by atoms with Gasteiger partial charge in [0.25, 0.3) is 5.91 Å². The molecule has 1 amide bonds. The van der Waals surface area contributed by atoms with Crippen LogP contribution in [0.2, 0.25) is 0 Å². The van der Waals surface area contributed by atoms with Crippen molar-refractivity contribution in [3.05, 3.63) is 52.4 Å². The molecule has 2 heterocycles. The van der Waals surface area contributed by atoms with Gasteiger partial charge in [0.1, 0.15) is 6.23 Å². The van der Waals surface area contributed by atoms with Crippen molar-refractivity contribution in [1.82, 2.24) is 20.4 Å². The largest absolute Gasteiger partial charge is 0.392 e. The smallest absolute Gasteiger partial charge is 0.252 e. The van der Waals surface area contributed by atoms with E-state index in [1.54, 1.807) is 12.3 Å². The van der Waals surface area contributed by atoms with Crippen molar-refractivity contribution < 1.29 is 15.0 Å². The molecule has 2 aliphatic rings. The second-order valence-corrected chi connectivity index (χ2v) is 8.03. The zero-order valence-electron chi connectivity index (χ0n) is 16.9. The Morgan fingerprint density at radius 1 is 1.31 bits per heavy atom. The number of aliphatic hydroxyl groups is 2. The highest BCUT2D eigenvalue weighted by molar-refractivity contribution is 6.06. The van der Waals surface area contributed by atoms with Crippen LogP contribution in [-0.2, 0) is 6.61 Å². The number of fused-ring (bicyclic) bond motifs is 1. The number of allylic oxidation sites excluding steroid dienone is 3. The van der Waals surface area contributed by atoms with Gasteiger partial charge in [-0.05, 0) is 56.0 Å². The van der Waals surface area contributed by atoms with E-state index in [0.717, 1.165) is 40.6 Å². The molecule has 0 saturated heterocycles. The molecule has 1 unspecified atom stereocenters. The van der Waals surface area contributed by atoms with Crippen LogP contribution in [-0.4, -0.2) is 38.7 Å². The van der Waals surface area contributed by atoms with Crippen LogP contribution in [0.15, 0.2) is 41.2 Å². The molecule has 1 aliphatic heterocycles. The van der Waals surface area contributed by atoms with Crippen LogP contribution in [0.5, 0.6) is 0 Å². The summed E-state index contributed by atoms with van der Waals surface area (Å²) in [6.45, 7) is 3.92. The van der Waals surface area contributed by atoms with Crippen molar-refractivity contribution in [1.29, 1.82) is 0 Å². The molecule has 7 heteroatoms. The van der Waals surface area contributed by atoms with E-state index in [0.29, 0.717) is 17.2 Å². The average molecular weight is 396 g/mol. The summed E-state index contributed by atoms with van der Waals surface area (Å²) in [7, 11) is 0. The van der Waals surface area contributed by atoms with E-state index >= 15 is 0 Å². The molecule has 4 N–H and O–H groups in total. The molecule has 1 saturated carbocycles. The Kier molecular flexibility index (Phi) is 5.43. The van der Waals surface area contributed by atoms with Crippen LogP contribution >= 0.6 is 0 Å². The number of carbonyl (C=O) groups is 1. The molecule has 0 bridgehead atoms. The van der Waals surface area contributed by atoms with Gasteiger partial charge in [-0.3, -0.25) is 9.48 Å². The Morgan fingerprint density at radius 2 is 2.07 bits per heavy atom. The number of nitrogens with zero attached hydrogens (tertiary/aromatic N) is 2. The Balaban J connectivity index is 1.63. The summed E-state index contributed by atoms with van der Waals surface area (Å²) < 4.78 is 2.01. The van der Waals surface area contributed by atoms with Gasteiger partial charge in [-0.2, -0.15) is 5.10 Å². The first-order valence-corrected chi connectivity index (χ1v) is 10.2. The molecule has 1 aliphatic carbocycles. The lowest BCUT2D eigenvalue weighted by molar-refractivity contribution is 0.0954. The summed E-state index contributed by atoms with van der Waals surface area (Å²) in [6.07, 6.45) is 7.45. The van der Waals surface area contributed by atoms with Gasteiger partial charge in [0.2, 0.25) is 0 Å². The fourth-order valence-corrected chi connectivity index (χ4v) is 4.41. The van der Waals surface area contributed by atoms with Crippen molar-refractivity contribution in [2.45, 2.75) is 58.4 Å². The fraction of sp³-hybridized carbons (Fsp3) is 0.455. The molecule has 0 radical (unpaired) electrons. The molecular weight excluding hydrogens is 368 g/mol. The second-order valence-electron chi connectivity index (χ2n) is 8.03. The minimum Gasteiger partial charge on any atom is -0.392 e. The number of carbonyl (C=O) groups excluding carboxylic acids is 1. The van der Waals surface area contributed by atoms with E-state index in [-0.39, 0.29) is 19.1 Å². The highest BCUT2D eigenvalue weighted by Crippen LogP contribution is 2.33. The molecule has 2 aromatic rings. The summed E-state index contributed by atoms with van der Waals surface area (Å²) in [4.78, 5) is 13.0. The van der Waals surface area contributed by atoms with Crippen molar-refractivity contribution >= 4 is 16.8 Å². The van der Waals surface area contributed by atoms with E-state index in [9.17, 15) is 15.0 Å². The predicted octanol–water partition coefficient (Wildman–Crippen LogP) is 2.52. The summed E-state index contributed by atoms with van der Waals surface area (Å²) in [5.74, 6) is -0.241. The Bertz CT molecular complexity index is 999. The molecule has 1 aromatic carbocycles. The molecule has 154 valence electrons.